The lowest BCUT2D eigenvalue weighted by Gasteiger charge is -2.24. The summed E-state index contributed by atoms with van der Waals surface area (Å²) in [6.45, 7) is 4.95. The van der Waals surface area contributed by atoms with Crippen molar-refractivity contribution < 1.29 is 4.74 Å². The van der Waals surface area contributed by atoms with Crippen molar-refractivity contribution in [2.45, 2.75) is 0 Å². The molecule has 0 aliphatic rings. The van der Waals surface area contributed by atoms with E-state index in [0.717, 1.165) is 28.4 Å². The van der Waals surface area contributed by atoms with Gasteiger partial charge in [0.1, 0.15) is 5.82 Å². The zero-order valence-corrected chi connectivity index (χ0v) is 14.6. The molecule has 0 saturated heterocycles. The molecule has 3 aromatic rings. The Labute approximate surface area is 147 Å². The predicted molar refractivity (Wildman–Crippen MR) is 102 cm³/mol. The molecule has 0 N–H and O–H groups in total. The van der Waals surface area contributed by atoms with Crippen LogP contribution in [0.15, 0.2) is 73.0 Å². The van der Waals surface area contributed by atoms with E-state index in [1.165, 1.54) is 0 Å². The standard InChI is InChI=1S/C20H22N4O/c1-4-9-16(15-25-3)14-24(19-12-7-8-13-21-19)20-22-17-10-5-6-11-18(17)23(20)2/h4-13H,1,14-15H2,2-3H3/b16-9-. The molecule has 2 aromatic heterocycles. The Morgan fingerprint density at radius 1 is 1.24 bits per heavy atom. The maximum Gasteiger partial charge on any atom is 0.212 e. The van der Waals surface area contributed by atoms with Crippen LogP contribution in [0.1, 0.15) is 0 Å². The second-order valence-corrected chi connectivity index (χ2v) is 5.73. The zero-order valence-electron chi connectivity index (χ0n) is 14.6. The molecule has 0 atom stereocenters. The fourth-order valence-electron chi connectivity index (χ4n) is 2.84. The summed E-state index contributed by atoms with van der Waals surface area (Å²) in [6, 6.07) is 14.0. The summed E-state index contributed by atoms with van der Waals surface area (Å²) in [5.41, 5.74) is 3.14. The number of hydrogen-bond donors (Lipinski definition) is 0. The minimum absolute atomic E-state index is 0.527. The monoisotopic (exact) mass is 334 g/mol. The lowest BCUT2D eigenvalue weighted by atomic mass is 10.2. The summed E-state index contributed by atoms with van der Waals surface area (Å²) in [7, 11) is 3.71. The van der Waals surface area contributed by atoms with Crippen molar-refractivity contribution in [3.8, 4) is 0 Å². The van der Waals surface area contributed by atoms with Crippen molar-refractivity contribution in [2.75, 3.05) is 25.2 Å². The van der Waals surface area contributed by atoms with Crippen LogP contribution in [0.2, 0.25) is 0 Å². The maximum absolute atomic E-state index is 5.33. The highest BCUT2D eigenvalue weighted by Crippen LogP contribution is 2.27. The first-order valence-corrected chi connectivity index (χ1v) is 8.14. The third-order valence-electron chi connectivity index (χ3n) is 3.98. The van der Waals surface area contributed by atoms with Gasteiger partial charge in [0.05, 0.1) is 24.2 Å². The Kier molecular flexibility index (Phi) is 5.26. The molecule has 5 heteroatoms. The molecule has 0 bridgehead atoms. The second-order valence-electron chi connectivity index (χ2n) is 5.73. The number of hydrogen-bond acceptors (Lipinski definition) is 4. The van der Waals surface area contributed by atoms with Gasteiger partial charge in [-0.1, -0.05) is 36.9 Å². The van der Waals surface area contributed by atoms with Crippen molar-refractivity contribution in [2.24, 2.45) is 7.05 Å². The number of methoxy groups -OCH3 is 1. The van der Waals surface area contributed by atoms with Gasteiger partial charge in [0.25, 0.3) is 0 Å². The Morgan fingerprint density at radius 3 is 2.72 bits per heavy atom. The first kappa shape index (κ1) is 16.9. The number of imidazole rings is 1. The van der Waals surface area contributed by atoms with Gasteiger partial charge in [-0.25, -0.2) is 9.97 Å². The van der Waals surface area contributed by atoms with Crippen LogP contribution < -0.4 is 4.90 Å². The molecule has 2 heterocycles. The number of rotatable bonds is 7. The van der Waals surface area contributed by atoms with E-state index in [1.54, 1.807) is 19.4 Å². The Morgan fingerprint density at radius 2 is 2.04 bits per heavy atom. The minimum Gasteiger partial charge on any atom is -0.380 e. The first-order valence-electron chi connectivity index (χ1n) is 8.14. The maximum atomic E-state index is 5.33. The summed E-state index contributed by atoms with van der Waals surface area (Å²) in [6.07, 6.45) is 5.54. The number of para-hydroxylation sites is 2. The van der Waals surface area contributed by atoms with Gasteiger partial charge in [0.15, 0.2) is 0 Å². The van der Waals surface area contributed by atoms with Gasteiger partial charge in [0.2, 0.25) is 5.95 Å². The smallest absolute Gasteiger partial charge is 0.212 e. The second kappa shape index (κ2) is 7.77. The van der Waals surface area contributed by atoms with Gasteiger partial charge < -0.3 is 9.30 Å². The third-order valence-corrected chi connectivity index (χ3v) is 3.98. The third kappa shape index (κ3) is 3.61. The molecule has 3 rings (SSSR count). The van der Waals surface area contributed by atoms with Gasteiger partial charge >= 0.3 is 0 Å². The van der Waals surface area contributed by atoms with Crippen LogP contribution in [0.4, 0.5) is 11.8 Å². The number of allylic oxidation sites excluding steroid dienone is 2. The molecule has 0 saturated carbocycles. The molecule has 0 spiro atoms. The van der Waals surface area contributed by atoms with Crippen LogP contribution in [0, 0.1) is 0 Å². The molecule has 0 radical (unpaired) electrons. The van der Waals surface area contributed by atoms with E-state index in [1.807, 2.05) is 49.5 Å². The first-order chi connectivity index (χ1) is 12.2. The van der Waals surface area contributed by atoms with Crippen molar-refractivity contribution >= 4 is 22.8 Å². The number of ether oxygens (including phenoxy) is 1. The zero-order chi connectivity index (χ0) is 17.6. The van der Waals surface area contributed by atoms with E-state index in [2.05, 4.69) is 27.1 Å². The van der Waals surface area contributed by atoms with Gasteiger partial charge in [-0.15, -0.1) is 0 Å². The fraction of sp³-hybridized carbons (Fsp3) is 0.200. The molecule has 0 aliphatic carbocycles. The Bertz CT molecular complexity index is 883. The van der Waals surface area contributed by atoms with Crippen LogP contribution in [-0.2, 0) is 11.8 Å². The number of pyridine rings is 1. The summed E-state index contributed by atoms with van der Waals surface area (Å²) >= 11 is 0. The van der Waals surface area contributed by atoms with E-state index in [0.29, 0.717) is 13.2 Å². The molecule has 0 fully saturated rings. The number of aromatic nitrogens is 3. The molecule has 0 aliphatic heterocycles. The van der Waals surface area contributed by atoms with Gasteiger partial charge in [-0.2, -0.15) is 0 Å². The average Bonchev–Trinajstić information content (AvgIpc) is 2.97. The Hall–Kier alpha value is -2.92. The van der Waals surface area contributed by atoms with Gasteiger partial charge in [-0.05, 0) is 29.8 Å². The predicted octanol–water partition coefficient (Wildman–Crippen LogP) is 3.87. The molecule has 128 valence electrons. The molecular formula is C20H22N4O. The van der Waals surface area contributed by atoms with Crippen molar-refractivity contribution in [1.82, 2.24) is 14.5 Å². The van der Waals surface area contributed by atoms with Crippen LogP contribution in [-0.4, -0.2) is 34.8 Å². The van der Waals surface area contributed by atoms with Crippen LogP contribution in [0.3, 0.4) is 0 Å². The summed E-state index contributed by atoms with van der Waals surface area (Å²) < 4.78 is 7.41. The van der Waals surface area contributed by atoms with E-state index < -0.39 is 0 Å². The van der Waals surface area contributed by atoms with Crippen LogP contribution in [0.5, 0.6) is 0 Å². The van der Waals surface area contributed by atoms with Gasteiger partial charge in [0, 0.05) is 20.4 Å². The average molecular weight is 334 g/mol. The number of benzene rings is 1. The summed E-state index contributed by atoms with van der Waals surface area (Å²) in [5.74, 6) is 1.68. The highest BCUT2D eigenvalue weighted by molar-refractivity contribution is 5.79. The minimum atomic E-state index is 0.527. The van der Waals surface area contributed by atoms with E-state index in [-0.39, 0.29) is 0 Å². The van der Waals surface area contributed by atoms with E-state index in [4.69, 9.17) is 9.72 Å². The van der Waals surface area contributed by atoms with E-state index >= 15 is 0 Å². The highest BCUT2D eigenvalue weighted by Gasteiger charge is 2.19. The number of aryl methyl sites for hydroxylation is 1. The summed E-state index contributed by atoms with van der Waals surface area (Å²) in [5, 5.41) is 0. The van der Waals surface area contributed by atoms with Crippen LogP contribution in [0.25, 0.3) is 11.0 Å². The van der Waals surface area contributed by atoms with Crippen molar-refractivity contribution in [1.29, 1.82) is 0 Å². The highest BCUT2D eigenvalue weighted by atomic mass is 16.5. The fourth-order valence-corrected chi connectivity index (χ4v) is 2.84. The normalized spacial score (nSPS) is 11.7. The topological polar surface area (TPSA) is 43.2 Å². The van der Waals surface area contributed by atoms with Crippen molar-refractivity contribution in [3.05, 3.63) is 73.0 Å². The number of fused-ring (bicyclic) bond motifs is 1. The quantitative estimate of drug-likeness (QED) is 0.615. The van der Waals surface area contributed by atoms with E-state index in [9.17, 15) is 0 Å². The van der Waals surface area contributed by atoms with Crippen LogP contribution >= 0.6 is 0 Å². The molecule has 1 aromatic carbocycles. The Balaban J connectivity index is 2.08. The number of anilines is 2. The molecule has 0 unspecified atom stereocenters. The van der Waals surface area contributed by atoms with Gasteiger partial charge in [-0.3, -0.25) is 4.90 Å². The largest absolute Gasteiger partial charge is 0.380 e. The van der Waals surface area contributed by atoms with Crippen molar-refractivity contribution in [3.63, 3.8) is 0 Å². The molecular weight excluding hydrogens is 312 g/mol. The lowest BCUT2D eigenvalue weighted by Crippen LogP contribution is -2.25. The lowest BCUT2D eigenvalue weighted by molar-refractivity contribution is 0.224. The number of nitrogens with zero attached hydrogens (tertiary/aromatic N) is 4. The summed E-state index contributed by atoms with van der Waals surface area (Å²) in [4.78, 5) is 11.4. The molecule has 5 nitrogen and oxygen atoms in total. The molecule has 0 amide bonds. The molecule has 25 heavy (non-hydrogen) atoms. The SMILES string of the molecule is C=C/C=C(\COC)CN(c1ccccn1)c1nc2ccccc2n1C.